The summed E-state index contributed by atoms with van der Waals surface area (Å²) in [6, 6.07) is 12.2. The Hall–Kier alpha value is -1.91. The molecule has 0 bridgehead atoms. The second-order valence-electron chi connectivity index (χ2n) is 5.13. The van der Waals surface area contributed by atoms with E-state index >= 15 is 0 Å². The molecular weight excluding hydrogens is 280 g/mol. The highest BCUT2D eigenvalue weighted by Gasteiger charge is 2.05. The molecule has 2 aromatic carbocycles. The van der Waals surface area contributed by atoms with Crippen LogP contribution in [-0.2, 0) is 6.61 Å². The summed E-state index contributed by atoms with van der Waals surface area (Å²) < 4.78 is 5.91. The lowest BCUT2D eigenvalue weighted by Gasteiger charge is -2.13. The summed E-state index contributed by atoms with van der Waals surface area (Å²) in [7, 11) is 0. The monoisotopic (exact) mass is 298 g/mol. The quantitative estimate of drug-likeness (QED) is 0.585. The summed E-state index contributed by atoms with van der Waals surface area (Å²) in [6.07, 6.45) is 0. The molecule has 0 saturated carbocycles. The molecule has 2 heteroatoms. The fourth-order valence-corrected chi connectivity index (χ4v) is 2.46. The molecule has 0 radical (unpaired) electrons. The van der Waals surface area contributed by atoms with Gasteiger partial charge in [0.25, 0.3) is 0 Å². The third kappa shape index (κ3) is 4.28. The van der Waals surface area contributed by atoms with E-state index in [1.54, 1.807) is 0 Å². The first-order chi connectivity index (χ1) is 10.1. The van der Waals surface area contributed by atoms with Crippen LogP contribution in [-0.4, -0.2) is 5.88 Å². The van der Waals surface area contributed by atoms with Crippen molar-refractivity contribution in [1.82, 2.24) is 0 Å². The van der Waals surface area contributed by atoms with Crippen LogP contribution in [0.2, 0.25) is 0 Å². The van der Waals surface area contributed by atoms with Gasteiger partial charge in [-0.1, -0.05) is 35.6 Å². The van der Waals surface area contributed by atoms with Gasteiger partial charge in [-0.2, -0.15) is 0 Å². The van der Waals surface area contributed by atoms with E-state index in [1.165, 1.54) is 22.3 Å². The number of alkyl halides is 1. The predicted molar refractivity (Wildman–Crippen MR) is 89.0 cm³/mol. The van der Waals surface area contributed by atoms with Gasteiger partial charge in [-0.05, 0) is 55.7 Å². The minimum absolute atomic E-state index is 0.340. The molecule has 1 nitrogen and oxygen atoms in total. The van der Waals surface area contributed by atoms with Gasteiger partial charge in [0.05, 0.1) is 5.88 Å². The van der Waals surface area contributed by atoms with Gasteiger partial charge in [0.15, 0.2) is 0 Å². The highest BCUT2D eigenvalue weighted by atomic mass is 35.5. The van der Waals surface area contributed by atoms with Crippen LogP contribution in [0.1, 0.15) is 27.8 Å². The van der Waals surface area contributed by atoms with Crippen molar-refractivity contribution in [2.24, 2.45) is 0 Å². The lowest BCUT2D eigenvalue weighted by molar-refractivity contribution is 0.304. The van der Waals surface area contributed by atoms with Crippen molar-refractivity contribution in [3.05, 3.63) is 64.2 Å². The van der Waals surface area contributed by atoms with Crippen LogP contribution in [0.5, 0.6) is 5.75 Å². The first-order valence-corrected chi connectivity index (χ1v) is 7.48. The van der Waals surface area contributed by atoms with Crippen LogP contribution in [0.4, 0.5) is 0 Å². The Morgan fingerprint density at radius 3 is 2.43 bits per heavy atom. The van der Waals surface area contributed by atoms with Gasteiger partial charge in [0.2, 0.25) is 0 Å². The van der Waals surface area contributed by atoms with E-state index < -0.39 is 0 Å². The van der Waals surface area contributed by atoms with Gasteiger partial charge in [0, 0.05) is 5.56 Å². The van der Waals surface area contributed by atoms with Crippen LogP contribution in [0.15, 0.2) is 36.4 Å². The third-order valence-corrected chi connectivity index (χ3v) is 3.49. The summed E-state index contributed by atoms with van der Waals surface area (Å²) in [6.45, 7) is 6.94. The Labute approximate surface area is 131 Å². The lowest BCUT2D eigenvalue weighted by Crippen LogP contribution is -2.01. The largest absolute Gasteiger partial charge is 0.489 e. The zero-order valence-corrected chi connectivity index (χ0v) is 13.4. The first kappa shape index (κ1) is 15.5. The molecule has 0 N–H and O–H groups in total. The topological polar surface area (TPSA) is 9.23 Å². The maximum atomic E-state index is 5.91. The molecule has 0 aliphatic rings. The van der Waals surface area contributed by atoms with Crippen molar-refractivity contribution in [2.45, 2.75) is 27.4 Å². The average molecular weight is 299 g/mol. The molecule has 108 valence electrons. The molecule has 0 fully saturated rings. The summed E-state index contributed by atoms with van der Waals surface area (Å²) >= 11 is 5.58. The van der Waals surface area contributed by atoms with Crippen LogP contribution >= 0.6 is 11.6 Å². The Morgan fingerprint density at radius 2 is 1.76 bits per heavy atom. The minimum atomic E-state index is 0.340. The van der Waals surface area contributed by atoms with Crippen LogP contribution < -0.4 is 4.74 Å². The fourth-order valence-electron chi connectivity index (χ4n) is 2.39. The standard InChI is InChI=1S/C19H19ClO/c1-14-10-15(2)19(16(3)11-14)13-21-18-8-4-6-17(12-18)7-5-9-20/h4,6,8,10-12H,9,13H2,1-3H3. The number of aryl methyl sites for hydroxylation is 3. The second kappa shape index (κ2) is 7.20. The Kier molecular flexibility index (Phi) is 5.31. The molecule has 0 spiro atoms. The van der Waals surface area contributed by atoms with E-state index in [0.717, 1.165) is 11.3 Å². The molecule has 0 aliphatic heterocycles. The van der Waals surface area contributed by atoms with Crippen molar-refractivity contribution in [1.29, 1.82) is 0 Å². The van der Waals surface area contributed by atoms with Gasteiger partial charge in [-0.25, -0.2) is 0 Å². The molecule has 0 amide bonds. The molecule has 2 aromatic rings. The van der Waals surface area contributed by atoms with Crippen molar-refractivity contribution in [2.75, 3.05) is 5.88 Å². The van der Waals surface area contributed by atoms with Gasteiger partial charge in [-0.15, -0.1) is 11.6 Å². The fraction of sp³-hybridized carbons (Fsp3) is 0.263. The first-order valence-electron chi connectivity index (χ1n) is 6.94. The van der Waals surface area contributed by atoms with Crippen LogP contribution in [0.25, 0.3) is 0 Å². The van der Waals surface area contributed by atoms with Crippen molar-refractivity contribution in [3.63, 3.8) is 0 Å². The smallest absolute Gasteiger partial charge is 0.121 e. The zero-order valence-electron chi connectivity index (χ0n) is 12.7. The van der Waals surface area contributed by atoms with Crippen molar-refractivity contribution < 1.29 is 4.74 Å². The maximum absolute atomic E-state index is 5.91. The summed E-state index contributed by atoms with van der Waals surface area (Å²) in [5.41, 5.74) is 5.99. The predicted octanol–water partition coefficient (Wildman–Crippen LogP) is 4.78. The number of benzene rings is 2. The van der Waals surface area contributed by atoms with Crippen molar-refractivity contribution in [3.8, 4) is 17.6 Å². The highest BCUT2D eigenvalue weighted by molar-refractivity contribution is 6.19. The molecule has 2 rings (SSSR count). The molecule has 0 atom stereocenters. The Morgan fingerprint density at radius 1 is 1.05 bits per heavy atom. The van der Waals surface area contributed by atoms with E-state index in [4.69, 9.17) is 16.3 Å². The highest BCUT2D eigenvalue weighted by Crippen LogP contribution is 2.20. The third-order valence-electron chi connectivity index (χ3n) is 3.36. The Balaban J connectivity index is 2.13. The van der Waals surface area contributed by atoms with E-state index in [9.17, 15) is 0 Å². The summed E-state index contributed by atoms with van der Waals surface area (Å²) in [5, 5.41) is 0. The molecular formula is C19H19ClO. The number of hydrogen-bond acceptors (Lipinski definition) is 1. The van der Waals surface area contributed by atoms with Crippen molar-refractivity contribution >= 4 is 11.6 Å². The van der Waals surface area contributed by atoms with Gasteiger partial charge in [-0.3, -0.25) is 0 Å². The number of halogens is 1. The second-order valence-corrected chi connectivity index (χ2v) is 5.40. The molecule has 0 aliphatic carbocycles. The number of ether oxygens (including phenoxy) is 1. The molecule has 0 unspecified atom stereocenters. The minimum Gasteiger partial charge on any atom is -0.489 e. The van der Waals surface area contributed by atoms with E-state index in [0.29, 0.717) is 12.5 Å². The van der Waals surface area contributed by atoms with Gasteiger partial charge < -0.3 is 4.74 Å². The van der Waals surface area contributed by atoms with Crippen LogP contribution in [0, 0.1) is 32.6 Å². The molecule has 21 heavy (non-hydrogen) atoms. The number of hydrogen-bond donors (Lipinski definition) is 0. The molecule has 0 saturated heterocycles. The number of rotatable bonds is 3. The normalized spacial score (nSPS) is 9.90. The van der Waals surface area contributed by atoms with Gasteiger partial charge >= 0.3 is 0 Å². The summed E-state index contributed by atoms with van der Waals surface area (Å²) in [4.78, 5) is 0. The Bertz CT molecular complexity index is 669. The van der Waals surface area contributed by atoms with E-state index in [-0.39, 0.29) is 0 Å². The SMILES string of the molecule is Cc1cc(C)c(COc2cccc(C#CCCl)c2)c(C)c1. The lowest BCUT2D eigenvalue weighted by atomic mass is 10.0. The maximum Gasteiger partial charge on any atom is 0.121 e. The van der Waals surface area contributed by atoms with E-state index in [1.807, 2.05) is 24.3 Å². The summed E-state index contributed by atoms with van der Waals surface area (Å²) in [5.74, 6) is 7.02. The van der Waals surface area contributed by atoms with Gasteiger partial charge in [0.1, 0.15) is 12.4 Å². The average Bonchev–Trinajstić information content (AvgIpc) is 2.44. The van der Waals surface area contributed by atoms with Crippen LogP contribution in [0.3, 0.4) is 0 Å². The molecule has 0 aromatic heterocycles. The molecule has 0 heterocycles. The zero-order chi connectivity index (χ0) is 15.2. The van der Waals surface area contributed by atoms with E-state index in [2.05, 4.69) is 44.7 Å².